The lowest BCUT2D eigenvalue weighted by atomic mass is 10.1. The number of hydrogen-bond donors (Lipinski definition) is 1. The highest BCUT2D eigenvalue weighted by Gasteiger charge is 2.31. The fraction of sp³-hybridized carbons (Fsp3) is 0.440. The molecule has 0 aliphatic rings. The number of rotatable bonds is 8. The lowest BCUT2D eigenvalue weighted by Crippen LogP contribution is -2.54. The predicted molar refractivity (Wildman–Crippen MR) is 137 cm³/mol. The maximum absolute atomic E-state index is 13.6. The van der Waals surface area contributed by atoms with Gasteiger partial charge in [-0.05, 0) is 64.8 Å². The van der Waals surface area contributed by atoms with Gasteiger partial charge in [-0.1, -0.05) is 47.5 Å². The Bertz CT molecular complexity index is 1160. The van der Waals surface area contributed by atoms with E-state index < -0.39 is 34.1 Å². The zero-order chi connectivity index (χ0) is 25.8. The largest absolute Gasteiger partial charge is 0.350 e. The molecule has 2 rings (SSSR count). The van der Waals surface area contributed by atoms with Crippen molar-refractivity contribution in [1.82, 2.24) is 10.2 Å². The molecule has 1 N–H and O–H groups in total. The van der Waals surface area contributed by atoms with Gasteiger partial charge in [0.1, 0.15) is 12.6 Å². The van der Waals surface area contributed by atoms with Crippen molar-refractivity contribution in [2.24, 2.45) is 0 Å². The summed E-state index contributed by atoms with van der Waals surface area (Å²) in [6.07, 6.45) is 1.04. The first-order valence-electron chi connectivity index (χ1n) is 11.0. The number of carbonyl (C=O) groups is 2. The number of amides is 2. The van der Waals surface area contributed by atoms with Crippen LogP contribution in [-0.2, 0) is 26.2 Å². The average molecular weight is 508 g/mol. The molecule has 0 bridgehead atoms. The normalized spacial score (nSPS) is 12.7. The molecule has 1 atom stereocenters. The summed E-state index contributed by atoms with van der Waals surface area (Å²) >= 11 is 6.21. The molecular weight excluding hydrogens is 474 g/mol. The molecule has 0 radical (unpaired) electrons. The SMILES string of the molecule is Cc1cccc(CN(C(=O)CN(c2cccc(Cl)c2C)S(C)(=O)=O)[C@@H](C)C(=O)NC(C)(C)C)c1. The Balaban J connectivity index is 2.45. The lowest BCUT2D eigenvalue weighted by Gasteiger charge is -2.33. The van der Waals surface area contributed by atoms with E-state index in [1.54, 1.807) is 32.0 Å². The second-order valence-corrected chi connectivity index (χ2v) is 11.9. The fourth-order valence-electron chi connectivity index (χ4n) is 3.52. The molecule has 2 aromatic carbocycles. The highest BCUT2D eigenvalue weighted by Crippen LogP contribution is 2.28. The van der Waals surface area contributed by atoms with Crippen molar-refractivity contribution < 1.29 is 18.0 Å². The van der Waals surface area contributed by atoms with Crippen LogP contribution >= 0.6 is 11.6 Å². The molecular formula is C25H34ClN3O4S. The molecule has 0 saturated heterocycles. The minimum Gasteiger partial charge on any atom is -0.350 e. The van der Waals surface area contributed by atoms with Gasteiger partial charge < -0.3 is 10.2 Å². The number of nitrogens with zero attached hydrogens (tertiary/aromatic N) is 2. The maximum Gasteiger partial charge on any atom is 0.244 e. The first kappa shape index (κ1) is 27.7. The van der Waals surface area contributed by atoms with Crippen molar-refractivity contribution >= 4 is 39.1 Å². The summed E-state index contributed by atoms with van der Waals surface area (Å²) in [7, 11) is -3.81. The monoisotopic (exact) mass is 507 g/mol. The Labute approximate surface area is 208 Å². The van der Waals surface area contributed by atoms with Crippen LogP contribution in [0.3, 0.4) is 0 Å². The van der Waals surface area contributed by atoms with Gasteiger partial charge in [0.25, 0.3) is 0 Å². The van der Waals surface area contributed by atoms with Gasteiger partial charge in [-0.3, -0.25) is 13.9 Å². The van der Waals surface area contributed by atoms with Crippen LogP contribution in [0.15, 0.2) is 42.5 Å². The third-order valence-electron chi connectivity index (χ3n) is 5.29. The van der Waals surface area contributed by atoms with Gasteiger partial charge in [0.05, 0.1) is 11.9 Å². The van der Waals surface area contributed by atoms with Crippen molar-refractivity contribution in [1.29, 1.82) is 0 Å². The van der Waals surface area contributed by atoms with Gasteiger partial charge in [0, 0.05) is 17.1 Å². The Morgan fingerprint density at radius 2 is 1.71 bits per heavy atom. The zero-order valence-electron chi connectivity index (χ0n) is 20.8. The van der Waals surface area contributed by atoms with E-state index in [2.05, 4.69) is 5.32 Å². The fourth-order valence-corrected chi connectivity index (χ4v) is 4.59. The summed E-state index contributed by atoms with van der Waals surface area (Å²) in [6.45, 7) is 10.6. The molecule has 186 valence electrons. The average Bonchev–Trinajstić information content (AvgIpc) is 2.70. The van der Waals surface area contributed by atoms with Crippen molar-refractivity contribution in [2.45, 2.75) is 59.7 Å². The summed E-state index contributed by atoms with van der Waals surface area (Å²) in [6, 6.07) is 11.7. The molecule has 2 aromatic rings. The molecule has 0 aliphatic heterocycles. The molecule has 0 aromatic heterocycles. The predicted octanol–water partition coefficient (Wildman–Crippen LogP) is 4.05. The second-order valence-electron chi connectivity index (χ2n) is 9.58. The minimum atomic E-state index is -3.81. The summed E-state index contributed by atoms with van der Waals surface area (Å²) in [4.78, 5) is 27.9. The van der Waals surface area contributed by atoms with Crippen LogP contribution < -0.4 is 9.62 Å². The van der Waals surface area contributed by atoms with Gasteiger partial charge in [-0.15, -0.1) is 0 Å². The van der Waals surface area contributed by atoms with E-state index in [4.69, 9.17) is 11.6 Å². The molecule has 2 amide bonds. The first-order chi connectivity index (χ1) is 15.6. The van der Waals surface area contributed by atoms with E-state index in [0.717, 1.165) is 21.7 Å². The second kappa shape index (κ2) is 10.8. The summed E-state index contributed by atoms with van der Waals surface area (Å²) in [5.41, 5.74) is 2.24. The number of anilines is 1. The number of hydrogen-bond acceptors (Lipinski definition) is 4. The van der Waals surface area contributed by atoms with E-state index in [9.17, 15) is 18.0 Å². The highest BCUT2D eigenvalue weighted by molar-refractivity contribution is 7.92. The number of sulfonamides is 1. The van der Waals surface area contributed by atoms with Crippen LogP contribution in [0.25, 0.3) is 0 Å². The van der Waals surface area contributed by atoms with Gasteiger partial charge in [-0.25, -0.2) is 8.42 Å². The summed E-state index contributed by atoms with van der Waals surface area (Å²) in [5.74, 6) is -0.818. The van der Waals surface area contributed by atoms with Gasteiger partial charge in [0.2, 0.25) is 21.8 Å². The molecule has 0 heterocycles. The van der Waals surface area contributed by atoms with E-state index in [1.165, 1.54) is 4.90 Å². The molecule has 0 aliphatic carbocycles. The zero-order valence-corrected chi connectivity index (χ0v) is 22.4. The number of nitrogens with one attached hydrogen (secondary N) is 1. The Kier molecular flexibility index (Phi) is 8.77. The Hall–Kier alpha value is -2.58. The molecule has 0 unspecified atom stereocenters. The third kappa shape index (κ3) is 7.46. The van der Waals surface area contributed by atoms with Crippen LogP contribution in [0, 0.1) is 13.8 Å². The van der Waals surface area contributed by atoms with Crippen molar-refractivity contribution in [2.75, 3.05) is 17.1 Å². The maximum atomic E-state index is 13.6. The molecule has 9 heteroatoms. The molecule has 7 nitrogen and oxygen atoms in total. The molecule has 0 fully saturated rings. The third-order valence-corrected chi connectivity index (χ3v) is 6.82. The molecule has 34 heavy (non-hydrogen) atoms. The van der Waals surface area contributed by atoms with Crippen molar-refractivity contribution in [3.05, 3.63) is 64.2 Å². The van der Waals surface area contributed by atoms with E-state index in [0.29, 0.717) is 16.3 Å². The molecule has 0 saturated carbocycles. The Morgan fingerprint density at radius 1 is 1.09 bits per heavy atom. The standard InChI is InChI=1S/C25H34ClN3O4S/c1-17-10-8-11-20(14-17)15-28(19(3)24(31)27-25(4,5)6)23(30)16-29(34(7,32)33)22-13-9-12-21(26)18(22)2/h8-14,19H,15-16H2,1-7H3,(H,27,31)/t19-/m0/s1. The van der Waals surface area contributed by atoms with Gasteiger partial charge in [-0.2, -0.15) is 0 Å². The van der Waals surface area contributed by atoms with E-state index in [-0.39, 0.29) is 12.5 Å². The van der Waals surface area contributed by atoms with Gasteiger partial charge in [0.15, 0.2) is 0 Å². The lowest BCUT2D eigenvalue weighted by molar-refractivity contribution is -0.140. The summed E-state index contributed by atoms with van der Waals surface area (Å²) < 4.78 is 26.4. The van der Waals surface area contributed by atoms with E-state index in [1.807, 2.05) is 52.0 Å². The minimum absolute atomic E-state index is 0.158. The Morgan fingerprint density at radius 3 is 2.26 bits per heavy atom. The van der Waals surface area contributed by atoms with Gasteiger partial charge >= 0.3 is 0 Å². The van der Waals surface area contributed by atoms with Crippen molar-refractivity contribution in [3.8, 4) is 0 Å². The number of benzene rings is 2. The number of carbonyl (C=O) groups excluding carboxylic acids is 2. The number of aryl methyl sites for hydroxylation is 1. The summed E-state index contributed by atoms with van der Waals surface area (Å²) in [5, 5.41) is 3.30. The molecule has 0 spiro atoms. The van der Waals surface area contributed by atoms with Crippen LogP contribution in [0.2, 0.25) is 5.02 Å². The topological polar surface area (TPSA) is 86.8 Å². The van der Waals surface area contributed by atoms with Crippen LogP contribution in [0.4, 0.5) is 5.69 Å². The first-order valence-corrected chi connectivity index (χ1v) is 13.2. The van der Waals surface area contributed by atoms with Crippen LogP contribution in [0.1, 0.15) is 44.4 Å². The quantitative estimate of drug-likeness (QED) is 0.583. The smallest absolute Gasteiger partial charge is 0.244 e. The van der Waals surface area contributed by atoms with E-state index >= 15 is 0 Å². The number of halogens is 1. The van der Waals surface area contributed by atoms with Crippen LogP contribution in [0.5, 0.6) is 0 Å². The van der Waals surface area contributed by atoms with Crippen molar-refractivity contribution in [3.63, 3.8) is 0 Å². The highest BCUT2D eigenvalue weighted by atomic mass is 35.5. The van der Waals surface area contributed by atoms with Crippen LogP contribution in [-0.4, -0.2) is 49.5 Å².